The Labute approximate surface area is 210 Å². The van der Waals surface area contributed by atoms with Gasteiger partial charge in [-0.15, -0.1) is 0 Å². The fourth-order valence-electron chi connectivity index (χ4n) is 4.84. The molecule has 0 unspecified atom stereocenters. The molecule has 1 atom stereocenters. The van der Waals surface area contributed by atoms with E-state index in [1.165, 1.54) is 12.0 Å². The zero-order valence-electron chi connectivity index (χ0n) is 20.3. The normalized spacial score (nSPS) is 16.9. The number of piperidine rings is 1. The largest absolute Gasteiger partial charge is 0.495 e. The number of hydrogen-bond acceptors (Lipinski definition) is 5. The summed E-state index contributed by atoms with van der Waals surface area (Å²) < 4.78 is 5.16. The molecule has 2 aromatic carbocycles. The summed E-state index contributed by atoms with van der Waals surface area (Å²) in [6, 6.07) is 10.1. The molecule has 4 rings (SSSR count). The molecule has 0 aromatic heterocycles. The fourth-order valence-corrected chi connectivity index (χ4v) is 5.09. The average Bonchev–Trinajstić information content (AvgIpc) is 2.87. The number of nitrogens with zero attached hydrogens (tertiary/aromatic N) is 3. The number of fused-ring (bicyclic) bond motifs is 3. The van der Waals surface area contributed by atoms with Crippen LogP contribution in [0, 0.1) is 0 Å². The van der Waals surface area contributed by atoms with Crippen LogP contribution in [0.2, 0.25) is 5.02 Å². The van der Waals surface area contributed by atoms with Crippen molar-refractivity contribution in [3.63, 3.8) is 0 Å². The number of amides is 3. The van der Waals surface area contributed by atoms with Gasteiger partial charge in [-0.25, -0.2) is 0 Å². The molecule has 35 heavy (non-hydrogen) atoms. The van der Waals surface area contributed by atoms with E-state index in [-0.39, 0.29) is 30.3 Å². The number of benzene rings is 2. The maximum atomic E-state index is 13.5. The molecule has 0 aliphatic carbocycles. The van der Waals surface area contributed by atoms with Crippen molar-refractivity contribution in [2.24, 2.45) is 0 Å². The molecule has 2 aliphatic rings. The predicted molar refractivity (Wildman–Crippen MR) is 138 cm³/mol. The highest BCUT2D eigenvalue weighted by Crippen LogP contribution is 2.40. The van der Waals surface area contributed by atoms with Crippen molar-refractivity contribution in [3.8, 4) is 5.75 Å². The van der Waals surface area contributed by atoms with Crippen molar-refractivity contribution in [3.05, 3.63) is 47.0 Å². The predicted octanol–water partition coefficient (Wildman–Crippen LogP) is 4.17. The monoisotopic (exact) mass is 498 g/mol. The Balaban J connectivity index is 1.64. The Morgan fingerprint density at radius 3 is 2.57 bits per heavy atom. The molecule has 8 nitrogen and oxygen atoms in total. The molecule has 0 bridgehead atoms. The highest BCUT2D eigenvalue weighted by atomic mass is 35.5. The third kappa shape index (κ3) is 4.93. The van der Waals surface area contributed by atoms with Crippen LogP contribution in [-0.2, 0) is 9.59 Å². The van der Waals surface area contributed by atoms with Gasteiger partial charge in [0.2, 0.25) is 11.8 Å². The van der Waals surface area contributed by atoms with Crippen LogP contribution in [0.15, 0.2) is 36.4 Å². The van der Waals surface area contributed by atoms with E-state index < -0.39 is 0 Å². The van der Waals surface area contributed by atoms with E-state index in [1.54, 1.807) is 29.2 Å². The Hall–Kier alpha value is -3.26. The van der Waals surface area contributed by atoms with Crippen molar-refractivity contribution in [2.75, 3.05) is 48.4 Å². The highest BCUT2D eigenvalue weighted by molar-refractivity contribution is 6.32. The molecular formula is C26H31ClN4O4. The lowest BCUT2D eigenvalue weighted by molar-refractivity contribution is -0.123. The summed E-state index contributed by atoms with van der Waals surface area (Å²) in [6.45, 7) is 5.67. The summed E-state index contributed by atoms with van der Waals surface area (Å²) in [5, 5.41) is 3.19. The van der Waals surface area contributed by atoms with E-state index in [1.807, 2.05) is 26.0 Å². The van der Waals surface area contributed by atoms with E-state index >= 15 is 0 Å². The Morgan fingerprint density at radius 2 is 1.89 bits per heavy atom. The number of carbonyl (C=O) groups excluding carboxylic acids is 3. The minimum atomic E-state index is -0.352. The number of methoxy groups -OCH3 is 1. The van der Waals surface area contributed by atoms with Gasteiger partial charge in [0.25, 0.3) is 5.91 Å². The third-order valence-electron chi connectivity index (χ3n) is 6.66. The summed E-state index contributed by atoms with van der Waals surface area (Å²) in [7, 11) is 1.52. The van der Waals surface area contributed by atoms with E-state index in [2.05, 4.69) is 10.2 Å². The van der Waals surface area contributed by atoms with E-state index in [0.717, 1.165) is 31.5 Å². The Bertz CT molecular complexity index is 1130. The van der Waals surface area contributed by atoms with Crippen LogP contribution in [0.5, 0.6) is 5.75 Å². The molecule has 2 aliphatic heterocycles. The van der Waals surface area contributed by atoms with Gasteiger partial charge in [0.05, 0.1) is 23.5 Å². The van der Waals surface area contributed by atoms with E-state index in [4.69, 9.17) is 16.3 Å². The van der Waals surface area contributed by atoms with Gasteiger partial charge < -0.3 is 19.9 Å². The van der Waals surface area contributed by atoms with Crippen LogP contribution in [0.4, 0.5) is 17.1 Å². The van der Waals surface area contributed by atoms with Crippen molar-refractivity contribution in [1.82, 2.24) is 4.90 Å². The Kier molecular flexibility index (Phi) is 7.50. The second kappa shape index (κ2) is 10.6. The minimum absolute atomic E-state index is 0.0942. The van der Waals surface area contributed by atoms with Gasteiger partial charge in [0, 0.05) is 30.9 Å². The number of anilines is 3. The summed E-state index contributed by atoms with van der Waals surface area (Å²) in [5.74, 6) is -0.0568. The lowest BCUT2D eigenvalue weighted by Gasteiger charge is -2.45. The summed E-state index contributed by atoms with van der Waals surface area (Å²) in [4.78, 5) is 44.9. The number of carbonyl (C=O) groups is 3. The van der Waals surface area contributed by atoms with Crippen LogP contribution < -0.4 is 19.9 Å². The van der Waals surface area contributed by atoms with Gasteiger partial charge in [-0.3, -0.25) is 19.3 Å². The second-order valence-electron chi connectivity index (χ2n) is 8.71. The first-order valence-electron chi connectivity index (χ1n) is 12.0. The van der Waals surface area contributed by atoms with E-state index in [9.17, 15) is 14.4 Å². The summed E-state index contributed by atoms with van der Waals surface area (Å²) in [6.07, 6.45) is 2.71. The van der Waals surface area contributed by atoms with Gasteiger partial charge >= 0.3 is 0 Å². The molecule has 0 spiro atoms. The molecule has 9 heteroatoms. The van der Waals surface area contributed by atoms with Crippen LogP contribution in [0.25, 0.3) is 0 Å². The smallest absolute Gasteiger partial charge is 0.253 e. The quantitative estimate of drug-likeness (QED) is 0.619. The number of nitrogens with one attached hydrogen (secondary N) is 1. The van der Waals surface area contributed by atoms with Crippen molar-refractivity contribution in [2.45, 2.75) is 39.2 Å². The zero-order chi connectivity index (χ0) is 25.1. The molecular weight excluding hydrogens is 468 g/mol. The van der Waals surface area contributed by atoms with Crippen LogP contribution in [0.1, 0.15) is 43.5 Å². The first kappa shape index (κ1) is 24.9. The van der Waals surface area contributed by atoms with Gasteiger partial charge in [0.15, 0.2) is 0 Å². The van der Waals surface area contributed by atoms with E-state index in [0.29, 0.717) is 40.8 Å². The summed E-state index contributed by atoms with van der Waals surface area (Å²) >= 11 is 6.19. The molecule has 1 fully saturated rings. The summed E-state index contributed by atoms with van der Waals surface area (Å²) in [5.41, 5.74) is 2.48. The second-order valence-corrected chi connectivity index (χ2v) is 9.11. The number of hydrogen-bond donors (Lipinski definition) is 1. The molecule has 0 saturated carbocycles. The SMILES string of the molecule is CCN(CC)C(=O)c1ccc2c(c1)N(CC(=O)Nc1ccc(OC)c(Cl)c1)C(=O)[C@@H]1CCCCN21. The number of ether oxygens (including phenoxy) is 1. The van der Waals surface area contributed by atoms with Crippen molar-refractivity contribution >= 4 is 46.4 Å². The molecule has 1 saturated heterocycles. The van der Waals surface area contributed by atoms with Crippen LogP contribution in [-0.4, -0.2) is 62.0 Å². The third-order valence-corrected chi connectivity index (χ3v) is 6.96. The van der Waals surface area contributed by atoms with Gasteiger partial charge in [-0.1, -0.05) is 11.6 Å². The number of rotatable bonds is 7. The first-order chi connectivity index (χ1) is 16.9. The van der Waals surface area contributed by atoms with Gasteiger partial charge in [0.1, 0.15) is 18.3 Å². The van der Waals surface area contributed by atoms with Crippen molar-refractivity contribution < 1.29 is 19.1 Å². The first-order valence-corrected chi connectivity index (χ1v) is 12.4. The maximum Gasteiger partial charge on any atom is 0.253 e. The molecule has 186 valence electrons. The minimum Gasteiger partial charge on any atom is -0.495 e. The molecule has 1 N–H and O–H groups in total. The Morgan fingerprint density at radius 1 is 1.11 bits per heavy atom. The maximum absolute atomic E-state index is 13.5. The fraction of sp³-hybridized carbons (Fsp3) is 0.423. The molecule has 0 radical (unpaired) electrons. The lowest BCUT2D eigenvalue weighted by atomic mass is 9.95. The van der Waals surface area contributed by atoms with Crippen molar-refractivity contribution in [1.29, 1.82) is 0 Å². The van der Waals surface area contributed by atoms with Gasteiger partial charge in [-0.05, 0) is 69.5 Å². The molecule has 2 heterocycles. The molecule has 3 amide bonds. The van der Waals surface area contributed by atoms with Crippen LogP contribution >= 0.6 is 11.6 Å². The van der Waals surface area contributed by atoms with Crippen LogP contribution in [0.3, 0.4) is 0 Å². The topological polar surface area (TPSA) is 82.2 Å². The lowest BCUT2D eigenvalue weighted by Crippen LogP contribution is -2.56. The highest BCUT2D eigenvalue weighted by Gasteiger charge is 2.40. The molecule has 2 aromatic rings. The van der Waals surface area contributed by atoms with Gasteiger partial charge in [-0.2, -0.15) is 0 Å². The average molecular weight is 499 g/mol. The number of halogens is 1. The standard InChI is InChI=1S/C26H31ClN4O4/c1-4-29(5-2)25(33)17-9-11-20-22(14-17)31(26(34)21-8-6-7-13-30(20)21)16-24(32)28-18-10-12-23(35-3)19(27)15-18/h9-12,14-15,21H,4-8,13,16H2,1-3H3,(H,28,32)/t21-/m0/s1. The zero-order valence-corrected chi connectivity index (χ0v) is 21.1.